The fraction of sp³-hybridized carbons (Fsp3) is 0.500. The van der Waals surface area contributed by atoms with Crippen molar-refractivity contribution in [2.75, 3.05) is 25.6 Å². The lowest BCUT2D eigenvalue weighted by Gasteiger charge is -2.29. The van der Waals surface area contributed by atoms with Crippen molar-refractivity contribution in [3.8, 4) is 0 Å². The summed E-state index contributed by atoms with van der Waals surface area (Å²) in [4.78, 5) is 2.79. The number of hydrogen-bond donors (Lipinski definition) is 2. The largest absolute Gasteiger partial charge is 0.312 e. The van der Waals surface area contributed by atoms with E-state index in [1.165, 1.54) is 46.6 Å². The van der Waals surface area contributed by atoms with Crippen LogP contribution in [-0.2, 0) is 13.1 Å². The maximum absolute atomic E-state index is 3.71. The Hall–Kier alpha value is -0.360. The van der Waals surface area contributed by atoms with Crippen LogP contribution in [0.1, 0.15) is 36.8 Å². The maximum Gasteiger partial charge on any atom is 0.0216 e. The lowest BCUT2D eigenvalue weighted by Crippen LogP contribution is -2.30. The molecule has 168 valence electrons. The van der Waals surface area contributed by atoms with Gasteiger partial charge < -0.3 is 10.6 Å². The summed E-state index contributed by atoms with van der Waals surface area (Å²) in [5, 5.41) is 7.41. The molecule has 0 unspecified atom stereocenters. The number of rotatable bonds is 10. The summed E-state index contributed by atoms with van der Waals surface area (Å²) in [7, 11) is 0. The molecule has 1 fully saturated rings. The first-order valence-electron chi connectivity index (χ1n) is 10.5. The van der Waals surface area contributed by atoms with Crippen LogP contribution in [0, 0.1) is 11.8 Å². The van der Waals surface area contributed by atoms with Crippen molar-refractivity contribution in [1.29, 1.82) is 0 Å². The van der Waals surface area contributed by atoms with Gasteiger partial charge in [-0.25, -0.2) is 0 Å². The Balaban J connectivity index is 0.00000225. The van der Waals surface area contributed by atoms with Gasteiger partial charge in [0.15, 0.2) is 0 Å². The number of thioether (sulfide) groups is 2. The van der Waals surface area contributed by atoms with Crippen LogP contribution in [0.3, 0.4) is 0 Å². The maximum atomic E-state index is 3.71. The summed E-state index contributed by atoms with van der Waals surface area (Å²) < 4.78 is 0. The minimum absolute atomic E-state index is 0. The quantitative estimate of drug-likeness (QED) is 0.366. The fourth-order valence-corrected chi connectivity index (χ4v) is 5.39. The first-order chi connectivity index (χ1) is 13.8. The third kappa shape index (κ3) is 8.64. The van der Waals surface area contributed by atoms with E-state index < -0.39 is 0 Å². The normalized spacial score (nSPS) is 18.3. The molecular weight excluding hydrogens is 451 g/mol. The summed E-state index contributed by atoms with van der Waals surface area (Å²) in [6.45, 7) is 4.30. The Morgan fingerprint density at radius 1 is 0.667 bits per heavy atom. The minimum atomic E-state index is 0. The molecule has 30 heavy (non-hydrogen) atoms. The van der Waals surface area contributed by atoms with Crippen LogP contribution in [-0.4, -0.2) is 25.6 Å². The van der Waals surface area contributed by atoms with E-state index in [-0.39, 0.29) is 24.8 Å². The predicted octanol–water partition coefficient (Wildman–Crippen LogP) is 6.66. The van der Waals surface area contributed by atoms with Crippen LogP contribution >= 0.6 is 48.3 Å². The molecule has 2 nitrogen and oxygen atoms in total. The Kier molecular flexibility index (Phi) is 14.2. The molecule has 0 spiro atoms. The molecule has 2 aromatic rings. The first kappa shape index (κ1) is 27.7. The number of benzene rings is 2. The Labute approximate surface area is 204 Å². The highest BCUT2D eigenvalue weighted by Gasteiger charge is 2.20. The first-order valence-corrected chi connectivity index (χ1v) is 12.9. The summed E-state index contributed by atoms with van der Waals surface area (Å²) in [5.74, 6) is 1.69. The lowest BCUT2D eigenvalue weighted by atomic mass is 9.82. The zero-order chi connectivity index (χ0) is 19.6. The van der Waals surface area contributed by atoms with Gasteiger partial charge in [-0.2, -0.15) is 0 Å². The van der Waals surface area contributed by atoms with E-state index in [1.54, 1.807) is 0 Å². The molecule has 3 rings (SSSR count). The van der Waals surface area contributed by atoms with E-state index >= 15 is 0 Å². The fourth-order valence-electron chi connectivity index (χ4n) is 4.16. The third-order valence-corrected chi connectivity index (χ3v) is 7.52. The van der Waals surface area contributed by atoms with E-state index in [4.69, 9.17) is 0 Å². The minimum Gasteiger partial charge on any atom is -0.312 e. The Bertz CT molecular complexity index is 660. The predicted molar refractivity (Wildman–Crippen MR) is 140 cm³/mol. The van der Waals surface area contributed by atoms with E-state index in [0.29, 0.717) is 0 Å². The lowest BCUT2D eigenvalue weighted by molar-refractivity contribution is 0.260. The van der Waals surface area contributed by atoms with Crippen molar-refractivity contribution >= 4 is 48.3 Å². The number of halogens is 2. The molecule has 0 radical (unpaired) electrons. The average Bonchev–Trinajstić information content (AvgIpc) is 2.75. The van der Waals surface area contributed by atoms with E-state index in [9.17, 15) is 0 Å². The van der Waals surface area contributed by atoms with Crippen molar-refractivity contribution in [3.05, 3.63) is 59.7 Å². The van der Waals surface area contributed by atoms with Gasteiger partial charge in [-0.15, -0.1) is 48.3 Å². The molecule has 0 atom stereocenters. The topological polar surface area (TPSA) is 24.1 Å². The van der Waals surface area contributed by atoms with Crippen molar-refractivity contribution in [2.45, 2.75) is 48.6 Å². The Morgan fingerprint density at radius 2 is 1.03 bits per heavy atom. The molecule has 0 heterocycles. The molecule has 1 aliphatic rings. The van der Waals surface area contributed by atoms with Crippen molar-refractivity contribution in [1.82, 2.24) is 10.6 Å². The summed E-state index contributed by atoms with van der Waals surface area (Å²) in [6.07, 6.45) is 9.79. The third-order valence-electron chi connectivity index (χ3n) is 5.85. The van der Waals surface area contributed by atoms with Crippen LogP contribution in [0.25, 0.3) is 0 Å². The van der Waals surface area contributed by atoms with Crippen LogP contribution in [0.5, 0.6) is 0 Å². The highest BCUT2D eigenvalue weighted by atomic mass is 35.5. The van der Waals surface area contributed by atoms with E-state index in [2.05, 4.69) is 71.7 Å². The molecule has 1 saturated carbocycles. The molecule has 0 bridgehead atoms. The van der Waals surface area contributed by atoms with Crippen molar-refractivity contribution in [3.63, 3.8) is 0 Å². The van der Waals surface area contributed by atoms with Gasteiger partial charge in [0.2, 0.25) is 0 Å². The van der Waals surface area contributed by atoms with E-state index in [0.717, 1.165) is 38.0 Å². The van der Waals surface area contributed by atoms with Crippen LogP contribution in [0.2, 0.25) is 0 Å². The summed E-state index contributed by atoms with van der Waals surface area (Å²) >= 11 is 3.68. The molecule has 1 aliphatic carbocycles. The SMILES string of the molecule is CSc1ccccc1CNCC1CCC(CNCc2ccccc2SC)CC1.Cl.Cl. The zero-order valence-corrected chi connectivity index (χ0v) is 21.3. The van der Waals surface area contributed by atoms with Crippen molar-refractivity contribution < 1.29 is 0 Å². The van der Waals surface area contributed by atoms with Gasteiger partial charge in [-0.05, 0) is 86.4 Å². The van der Waals surface area contributed by atoms with Gasteiger partial charge >= 0.3 is 0 Å². The standard InChI is InChI=1S/C24H34N2S2.2ClH/c1-27-23-9-5-3-7-21(23)17-25-15-19-11-13-20(14-12-19)16-26-18-22-8-4-6-10-24(22)28-2;;/h3-10,19-20,25-26H,11-18H2,1-2H3;2*1H. The van der Waals surface area contributed by atoms with Gasteiger partial charge in [0.25, 0.3) is 0 Å². The highest BCUT2D eigenvalue weighted by molar-refractivity contribution is 7.98. The van der Waals surface area contributed by atoms with Crippen LogP contribution in [0.4, 0.5) is 0 Å². The molecule has 0 aromatic heterocycles. The van der Waals surface area contributed by atoms with Gasteiger partial charge in [0.1, 0.15) is 0 Å². The summed E-state index contributed by atoms with van der Waals surface area (Å²) in [6, 6.07) is 17.5. The zero-order valence-electron chi connectivity index (χ0n) is 18.1. The van der Waals surface area contributed by atoms with Gasteiger partial charge in [0, 0.05) is 22.9 Å². The van der Waals surface area contributed by atoms with Crippen LogP contribution < -0.4 is 10.6 Å². The molecule has 0 aliphatic heterocycles. The number of hydrogen-bond acceptors (Lipinski definition) is 4. The molecule has 6 heteroatoms. The summed E-state index contributed by atoms with van der Waals surface area (Å²) in [5.41, 5.74) is 2.86. The van der Waals surface area contributed by atoms with Gasteiger partial charge in [-0.3, -0.25) is 0 Å². The van der Waals surface area contributed by atoms with E-state index in [1.807, 2.05) is 23.5 Å². The van der Waals surface area contributed by atoms with Crippen molar-refractivity contribution in [2.24, 2.45) is 11.8 Å². The molecule has 0 saturated heterocycles. The highest BCUT2D eigenvalue weighted by Crippen LogP contribution is 2.28. The monoisotopic (exact) mass is 486 g/mol. The van der Waals surface area contributed by atoms with Gasteiger partial charge in [-0.1, -0.05) is 36.4 Å². The molecule has 2 aromatic carbocycles. The second kappa shape index (κ2) is 15.4. The average molecular weight is 488 g/mol. The number of nitrogens with one attached hydrogen (secondary N) is 2. The smallest absolute Gasteiger partial charge is 0.0216 e. The second-order valence-corrected chi connectivity index (χ2v) is 9.47. The second-order valence-electron chi connectivity index (χ2n) is 7.77. The van der Waals surface area contributed by atoms with Crippen LogP contribution in [0.15, 0.2) is 58.3 Å². The molecule has 2 N–H and O–H groups in total. The molecule has 0 amide bonds. The molecular formula is C24H36Cl2N2S2. The van der Waals surface area contributed by atoms with Gasteiger partial charge in [0.05, 0.1) is 0 Å². The Morgan fingerprint density at radius 3 is 1.40 bits per heavy atom.